The normalized spacial score (nSPS) is 26.5. The fourth-order valence-electron chi connectivity index (χ4n) is 2.33. The standard InChI is InChI=1S/C12H16I2N2O6/c1-21-9(10(13)14)5-3-16(12(20)15-11(5)19)8-2-6(18)7(4-17)22-8/h3,6-10,17-18H,2,4H2,1H3,(H,15,19,20)/t6-,7+,8+,9?/m0/s1. The Kier molecular flexibility index (Phi) is 6.41. The van der Waals surface area contributed by atoms with E-state index in [0.29, 0.717) is 5.56 Å². The molecule has 0 aromatic carbocycles. The maximum absolute atomic E-state index is 12.0. The Morgan fingerprint density at radius 2 is 2.23 bits per heavy atom. The average Bonchev–Trinajstić information content (AvgIpc) is 2.82. The molecular weight excluding hydrogens is 522 g/mol. The number of aliphatic hydroxyl groups excluding tert-OH is 2. The molecule has 10 heteroatoms. The molecule has 4 atom stereocenters. The molecule has 0 spiro atoms. The first-order valence-electron chi connectivity index (χ1n) is 6.49. The SMILES string of the molecule is COC(c1cn([C@H]2C[C@H](O)[C@@H](CO)O2)c(=O)[nH]c1=O)C(I)I. The summed E-state index contributed by atoms with van der Waals surface area (Å²) >= 11 is 4.25. The second-order valence-electron chi connectivity index (χ2n) is 4.86. The van der Waals surface area contributed by atoms with Crippen molar-refractivity contribution in [1.82, 2.24) is 9.55 Å². The van der Waals surface area contributed by atoms with Gasteiger partial charge in [0.2, 0.25) is 0 Å². The Labute approximate surface area is 153 Å². The smallest absolute Gasteiger partial charge is 0.330 e. The van der Waals surface area contributed by atoms with Gasteiger partial charge >= 0.3 is 5.69 Å². The summed E-state index contributed by atoms with van der Waals surface area (Å²) in [5.41, 5.74) is -0.831. The zero-order chi connectivity index (χ0) is 16.4. The number of nitrogens with one attached hydrogen (secondary N) is 1. The van der Waals surface area contributed by atoms with E-state index in [-0.39, 0.29) is 15.0 Å². The first kappa shape index (κ1) is 18.3. The van der Waals surface area contributed by atoms with E-state index in [1.54, 1.807) is 0 Å². The van der Waals surface area contributed by atoms with E-state index in [0.717, 1.165) is 0 Å². The van der Waals surface area contributed by atoms with Crippen molar-refractivity contribution in [3.63, 3.8) is 0 Å². The van der Waals surface area contributed by atoms with Crippen molar-refractivity contribution in [2.24, 2.45) is 0 Å². The minimum Gasteiger partial charge on any atom is -0.394 e. The van der Waals surface area contributed by atoms with Gasteiger partial charge in [-0.25, -0.2) is 4.79 Å². The van der Waals surface area contributed by atoms with Crippen LogP contribution in [0.15, 0.2) is 15.8 Å². The van der Waals surface area contributed by atoms with Crippen molar-refractivity contribution in [3.8, 4) is 0 Å². The van der Waals surface area contributed by atoms with Gasteiger partial charge in [-0.3, -0.25) is 14.3 Å². The number of rotatable bonds is 5. The molecule has 1 fully saturated rings. The molecule has 0 bridgehead atoms. The molecule has 22 heavy (non-hydrogen) atoms. The quantitative estimate of drug-likeness (QED) is 0.362. The highest BCUT2D eigenvalue weighted by atomic mass is 127. The van der Waals surface area contributed by atoms with E-state index in [4.69, 9.17) is 14.6 Å². The molecule has 0 radical (unpaired) electrons. The fraction of sp³-hybridized carbons (Fsp3) is 0.667. The summed E-state index contributed by atoms with van der Waals surface area (Å²) < 4.78 is 12.0. The third-order valence-corrected chi connectivity index (χ3v) is 4.79. The van der Waals surface area contributed by atoms with E-state index in [9.17, 15) is 14.7 Å². The van der Waals surface area contributed by atoms with Gasteiger partial charge in [0.05, 0.1) is 20.2 Å². The van der Waals surface area contributed by atoms with Crippen molar-refractivity contribution < 1.29 is 19.7 Å². The second kappa shape index (κ2) is 7.70. The van der Waals surface area contributed by atoms with Crippen molar-refractivity contribution in [1.29, 1.82) is 0 Å². The Balaban J connectivity index is 2.41. The summed E-state index contributed by atoms with van der Waals surface area (Å²) in [6.07, 6.45) is -1.28. The molecule has 1 aliphatic rings. The molecule has 124 valence electrons. The van der Waals surface area contributed by atoms with Crippen LogP contribution in [0.25, 0.3) is 0 Å². The molecule has 1 saturated heterocycles. The predicted octanol–water partition coefficient (Wildman–Crippen LogP) is 0.0609. The molecule has 2 heterocycles. The minimum absolute atomic E-state index is 0.0208. The number of aromatic amines is 1. The van der Waals surface area contributed by atoms with E-state index in [2.05, 4.69) is 50.2 Å². The Morgan fingerprint density at radius 3 is 2.73 bits per heavy atom. The molecule has 2 rings (SSSR count). The fourth-order valence-corrected chi connectivity index (χ4v) is 3.70. The molecule has 1 unspecified atom stereocenters. The van der Waals surface area contributed by atoms with Gasteiger partial charge < -0.3 is 19.7 Å². The zero-order valence-corrected chi connectivity index (χ0v) is 15.9. The van der Waals surface area contributed by atoms with Crippen LogP contribution in [0.1, 0.15) is 24.3 Å². The number of hydrogen-bond donors (Lipinski definition) is 3. The number of halogens is 2. The summed E-state index contributed by atoms with van der Waals surface area (Å²) in [5, 5.41) is 18.9. The van der Waals surface area contributed by atoms with Crippen LogP contribution >= 0.6 is 45.2 Å². The lowest BCUT2D eigenvalue weighted by Crippen LogP contribution is -2.36. The molecule has 1 aromatic heterocycles. The van der Waals surface area contributed by atoms with Gasteiger partial charge in [0, 0.05) is 19.7 Å². The largest absolute Gasteiger partial charge is 0.394 e. The average molecular weight is 538 g/mol. The maximum Gasteiger partial charge on any atom is 0.330 e. The number of alkyl halides is 2. The molecule has 0 aliphatic carbocycles. The number of nitrogens with zero attached hydrogens (tertiary/aromatic N) is 1. The van der Waals surface area contributed by atoms with Crippen molar-refractivity contribution >= 4 is 45.2 Å². The number of aromatic nitrogens is 2. The van der Waals surface area contributed by atoms with Crippen LogP contribution < -0.4 is 11.2 Å². The predicted molar refractivity (Wildman–Crippen MR) is 94.5 cm³/mol. The second-order valence-corrected chi connectivity index (χ2v) is 9.92. The van der Waals surface area contributed by atoms with Crippen LogP contribution in [0.4, 0.5) is 0 Å². The molecule has 8 nitrogen and oxygen atoms in total. The lowest BCUT2D eigenvalue weighted by Gasteiger charge is -2.19. The Hall–Kier alpha value is -0.0200. The highest BCUT2D eigenvalue weighted by Crippen LogP contribution is 2.31. The summed E-state index contributed by atoms with van der Waals surface area (Å²) in [6, 6.07) is 0. The van der Waals surface area contributed by atoms with Crippen molar-refractivity contribution in [2.45, 2.75) is 32.9 Å². The van der Waals surface area contributed by atoms with Gasteiger partial charge in [0.25, 0.3) is 5.56 Å². The van der Waals surface area contributed by atoms with Crippen LogP contribution in [0.5, 0.6) is 0 Å². The van der Waals surface area contributed by atoms with Crippen LogP contribution in [-0.2, 0) is 9.47 Å². The van der Waals surface area contributed by atoms with Crippen LogP contribution in [-0.4, -0.2) is 47.6 Å². The summed E-state index contributed by atoms with van der Waals surface area (Å²) in [4.78, 5) is 26.3. The van der Waals surface area contributed by atoms with Gasteiger partial charge in [-0.1, -0.05) is 45.2 Å². The van der Waals surface area contributed by atoms with Crippen LogP contribution in [0.3, 0.4) is 0 Å². The topological polar surface area (TPSA) is 114 Å². The van der Waals surface area contributed by atoms with Crippen molar-refractivity contribution in [2.75, 3.05) is 13.7 Å². The van der Waals surface area contributed by atoms with Crippen LogP contribution in [0.2, 0.25) is 0 Å². The number of ether oxygens (including phenoxy) is 2. The first-order valence-corrected chi connectivity index (χ1v) is 8.98. The monoisotopic (exact) mass is 538 g/mol. The van der Waals surface area contributed by atoms with E-state index in [1.165, 1.54) is 17.9 Å². The Bertz CT molecular complexity index is 631. The van der Waals surface area contributed by atoms with E-state index >= 15 is 0 Å². The molecule has 1 aliphatic heterocycles. The van der Waals surface area contributed by atoms with E-state index in [1.807, 2.05) is 0 Å². The molecule has 1 aromatic rings. The summed E-state index contributed by atoms with van der Waals surface area (Å²) in [6.45, 7) is -0.340. The molecular formula is C12H16I2N2O6. The Morgan fingerprint density at radius 1 is 1.55 bits per heavy atom. The van der Waals surface area contributed by atoms with E-state index < -0.39 is 35.8 Å². The molecule has 3 N–H and O–H groups in total. The molecule has 0 amide bonds. The number of hydrogen-bond acceptors (Lipinski definition) is 6. The van der Waals surface area contributed by atoms with Gasteiger partial charge in [-0.2, -0.15) is 0 Å². The zero-order valence-electron chi connectivity index (χ0n) is 11.6. The summed E-state index contributed by atoms with van der Waals surface area (Å²) in [5.74, 6) is 0. The first-order chi connectivity index (χ1) is 10.4. The highest BCUT2D eigenvalue weighted by molar-refractivity contribution is 14.2. The highest BCUT2D eigenvalue weighted by Gasteiger charge is 2.35. The van der Waals surface area contributed by atoms with Gasteiger partial charge in [0.15, 0.2) is 0 Å². The van der Waals surface area contributed by atoms with Crippen LogP contribution in [0, 0.1) is 0 Å². The number of aliphatic hydroxyl groups is 2. The maximum atomic E-state index is 12.0. The van der Waals surface area contributed by atoms with Crippen molar-refractivity contribution in [3.05, 3.63) is 32.6 Å². The minimum atomic E-state index is -0.864. The lowest BCUT2D eigenvalue weighted by atomic mass is 10.2. The van der Waals surface area contributed by atoms with Gasteiger partial charge in [-0.05, 0) is 0 Å². The molecule has 0 saturated carbocycles. The van der Waals surface area contributed by atoms with Gasteiger partial charge in [-0.15, -0.1) is 0 Å². The third kappa shape index (κ3) is 3.72. The van der Waals surface area contributed by atoms with Gasteiger partial charge in [0.1, 0.15) is 18.4 Å². The number of H-pyrrole nitrogens is 1. The number of methoxy groups -OCH3 is 1. The lowest BCUT2D eigenvalue weighted by molar-refractivity contribution is -0.0461. The summed E-state index contributed by atoms with van der Waals surface area (Å²) in [7, 11) is 1.49. The third-order valence-electron chi connectivity index (χ3n) is 3.48.